The third-order valence-corrected chi connectivity index (χ3v) is 5.71. The van der Waals surface area contributed by atoms with Gasteiger partial charge in [0, 0.05) is 36.9 Å². The zero-order chi connectivity index (χ0) is 20.2. The highest BCUT2D eigenvalue weighted by molar-refractivity contribution is 6.56. The molecule has 2 aromatic carbocycles. The molecule has 0 saturated carbocycles. The molecule has 2 aliphatic rings. The van der Waals surface area contributed by atoms with Gasteiger partial charge in [0.1, 0.15) is 5.71 Å². The fourth-order valence-corrected chi connectivity index (χ4v) is 4.12. The Hall–Kier alpha value is -3.06. The third-order valence-electron chi connectivity index (χ3n) is 5.71. The molecule has 0 radical (unpaired) electrons. The molecule has 0 spiro atoms. The Morgan fingerprint density at radius 2 is 1.72 bits per heavy atom. The molecule has 5 rings (SSSR count). The molecule has 7 heteroatoms. The first kappa shape index (κ1) is 18.0. The third kappa shape index (κ3) is 2.93. The monoisotopic (exact) mass is 395 g/mol. The summed E-state index contributed by atoms with van der Waals surface area (Å²) >= 11 is 0. The first-order valence-electron chi connectivity index (χ1n) is 9.58. The summed E-state index contributed by atoms with van der Waals surface area (Å²) in [6, 6.07) is 14.5. The summed E-state index contributed by atoms with van der Waals surface area (Å²) in [7, 11) is 0. The Bertz CT molecular complexity index is 1160. The molecule has 1 aromatic heterocycles. The highest BCUT2D eigenvalue weighted by atomic mass is 19.3. The van der Waals surface area contributed by atoms with E-state index in [9.17, 15) is 18.7 Å². The Labute approximate surface area is 165 Å². The first-order chi connectivity index (χ1) is 13.9. The maximum Gasteiger partial charge on any atom is 0.250 e. The van der Waals surface area contributed by atoms with Crippen LogP contribution >= 0.6 is 0 Å². The lowest BCUT2D eigenvalue weighted by Gasteiger charge is -2.32. The van der Waals surface area contributed by atoms with Crippen molar-refractivity contribution in [2.45, 2.75) is 25.4 Å². The molecule has 5 nitrogen and oxygen atoms in total. The average Bonchev–Trinajstić information content (AvgIpc) is 3.18. The van der Waals surface area contributed by atoms with Crippen LogP contribution in [0.2, 0.25) is 0 Å². The van der Waals surface area contributed by atoms with Crippen LogP contribution < -0.4 is 0 Å². The normalized spacial score (nSPS) is 18.8. The summed E-state index contributed by atoms with van der Waals surface area (Å²) in [5.74, 6) is -2.92. The van der Waals surface area contributed by atoms with E-state index in [0.29, 0.717) is 22.2 Å². The maximum absolute atomic E-state index is 13.5. The minimum atomic E-state index is -2.63. The minimum absolute atomic E-state index is 0.0663. The van der Waals surface area contributed by atoms with Gasteiger partial charge < -0.3 is 5.11 Å². The number of hydrogen-bond donors (Lipinski definition) is 1. The number of alkyl halides is 2. The van der Waals surface area contributed by atoms with Crippen LogP contribution in [0.25, 0.3) is 10.9 Å². The van der Waals surface area contributed by atoms with E-state index in [4.69, 9.17) is 0 Å². The Balaban J connectivity index is 1.57. The highest BCUT2D eigenvalue weighted by Gasteiger charge is 2.35. The van der Waals surface area contributed by atoms with Crippen LogP contribution in [0.3, 0.4) is 0 Å². The molecule has 2 aliphatic heterocycles. The molecule has 1 saturated heterocycles. The molecule has 0 unspecified atom stereocenters. The number of para-hydroxylation sites is 2. The molecule has 1 N–H and O–H groups in total. The number of aromatic hydroxyl groups is 1. The molecule has 0 atom stereocenters. The van der Waals surface area contributed by atoms with Crippen LogP contribution in [0.4, 0.5) is 14.5 Å². The van der Waals surface area contributed by atoms with E-state index in [1.165, 1.54) is 0 Å². The predicted molar refractivity (Wildman–Crippen MR) is 106 cm³/mol. The molecule has 148 valence electrons. The second kappa shape index (κ2) is 6.49. The van der Waals surface area contributed by atoms with Crippen molar-refractivity contribution in [2.75, 3.05) is 13.1 Å². The second-order valence-corrected chi connectivity index (χ2v) is 7.57. The van der Waals surface area contributed by atoms with E-state index in [-0.39, 0.29) is 50.0 Å². The van der Waals surface area contributed by atoms with E-state index in [0.717, 1.165) is 5.52 Å². The lowest BCUT2D eigenvalue weighted by molar-refractivity contribution is -0.0605. The molecule has 29 heavy (non-hydrogen) atoms. The van der Waals surface area contributed by atoms with Crippen molar-refractivity contribution < 1.29 is 18.7 Å². The number of aliphatic imine (C=N–C) groups is 1. The lowest BCUT2D eigenvalue weighted by atomic mass is 10.0. The number of Topliss-reactive ketones (excluding diaryl/α,β-unsaturated/α-hetero) is 1. The quantitative estimate of drug-likeness (QED) is 0.717. The van der Waals surface area contributed by atoms with Gasteiger partial charge in [-0.3, -0.25) is 14.3 Å². The standard InChI is InChI=1S/C22H19F2N3O2/c23-22(24)9-11-26(12-10-22)13-27-17-8-4-2-6-15(17)18(21(27)29)19-20(28)14-5-1-3-7-16(14)25-19/h1-8,29H,9-13H2. The molecule has 0 bridgehead atoms. The number of benzene rings is 2. The van der Waals surface area contributed by atoms with E-state index < -0.39 is 5.92 Å². The van der Waals surface area contributed by atoms with Gasteiger partial charge in [0.25, 0.3) is 5.92 Å². The maximum atomic E-state index is 13.5. The number of likely N-dealkylation sites (tertiary alicyclic amines) is 1. The number of halogens is 2. The molecule has 3 heterocycles. The zero-order valence-corrected chi connectivity index (χ0v) is 15.6. The summed E-state index contributed by atoms with van der Waals surface area (Å²) < 4.78 is 28.7. The summed E-state index contributed by atoms with van der Waals surface area (Å²) in [6.07, 6.45) is -0.388. The molecular formula is C22H19F2N3O2. The van der Waals surface area contributed by atoms with Crippen LogP contribution in [0.1, 0.15) is 28.8 Å². The van der Waals surface area contributed by atoms with Crippen molar-refractivity contribution in [1.29, 1.82) is 0 Å². The number of rotatable bonds is 3. The number of aromatic nitrogens is 1. The lowest BCUT2D eigenvalue weighted by Crippen LogP contribution is -2.40. The summed E-state index contributed by atoms with van der Waals surface area (Å²) in [4.78, 5) is 19.3. The van der Waals surface area contributed by atoms with Crippen LogP contribution in [-0.2, 0) is 6.67 Å². The SMILES string of the molecule is O=C1C(c2c(O)n(CN3CCC(F)(F)CC3)c3ccccc23)=Nc2ccccc21. The fourth-order valence-electron chi connectivity index (χ4n) is 4.12. The highest BCUT2D eigenvalue weighted by Crippen LogP contribution is 2.38. The zero-order valence-electron chi connectivity index (χ0n) is 15.6. The van der Waals surface area contributed by atoms with Gasteiger partial charge >= 0.3 is 0 Å². The minimum Gasteiger partial charge on any atom is -0.494 e. The fraction of sp³-hybridized carbons (Fsp3) is 0.273. The van der Waals surface area contributed by atoms with Crippen LogP contribution in [0.15, 0.2) is 53.5 Å². The Morgan fingerprint density at radius 1 is 1.03 bits per heavy atom. The number of carbonyl (C=O) groups excluding carboxylic acids is 1. The van der Waals surface area contributed by atoms with Crippen molar-refractivity contribution in [1.82, 2.24) is 9.47 Å². The van der Waals surface area contributed by atoms with Crippen molar-refractivity contribution >= 4 is 28.1 Å². The van der Waals surface area contributed by atoms with Crippen LogP contribution in [-0.4, -0.2) is 45.1 Å². The number of piperidine rings is 1. The van der Waals surface area contributed by atoms with Gasteiger partial charge in [-0.05, 0) is 18.2 Å². The molecular weight excluding hydrogens is 376 g/mol. The average molecular weight is 395 g/mol. The van der Waals surface area contributed by atoms with Gasteiger partial charge in [-0.1, -0.05) is 30.3 Å². The van der Waals surface area contributed by atoms with Crippen LogP contribution in [0, 0.1) is 0 Å². The predicted octanol–water partition coefficient (Wildman–Crippen LogP) is 4.35. The summed E-state index contributed by atoms with van der Waals surface area (Å²) in [5.41, 5.74) is 2.44. The van der Waals surface area contributed by atoms with E-state index >= 15 is 0 Å². The Morgan fingerprint density at radius 3 is 2.48 bits per heavy atom. The first-order valence-corrected chi connectivity index (χ1v) is 9.58. The van der Waals surface area contributed by atoms with Crippen molar-refractivity contribution in [2.24, 2.45) is 4.99 Å². The Kier molecular flexibility index (Phi) is 4.03. The van der Waals surface area contributed by atoms with Crippen molar-refractivity contribution in [3.8, 4) is 5.88 Å². The number of hydrogen-bond acceptors (Lipinski definition) is 4. The molecule has 1 fully saturated rings. The second-order valence-electron chi connectivity index (χ2n) is 7.57. The van der Waals surface area contributed by atoms with Gasteiger partial charge in [0.2, 0.25) is 11.7 Å². The van der Waals surface area contributed by atoms with E-state index in [1.807, 2.05) is 35.2 Å². The summed E-state index contributed by atoms with van der Waals surface area (Å²) in [5, 5.41) is 11.8. The summed E-state index contributed by atoms with van der Waals surface area (Å²) in [6.45, 7) is 0.774. The van der Waals surface area contributed by atoms with E-state index in [1.54, 1.807) is 22.8 Å². The largest absolute Gasteiger partial charge is 0.494 e. The van der Waals surface area contributed by atoms with Gasteiger partial charge in [-0.25, -0.2) is 13.8 Å². The number of ketones is 1. The smallest absolute Gasteiger partial charge is 0.250 e. The topological polar surface area (TPSA) is 57.8 Å². The molecule has 3 aromatic rings. The van der Waals surface area contributed by atoms with Gasteiger partial charge in [-0.15, -0.1) is 0 Å². The van der Waals surface area contributed by atoms with Crippen LogP contribution in [0.5, 0.6) is 5.88 Å². The van der Waals surface area contributed by atoms with E-state index in [2.05, 4.69) is 4.99 Å². The number of nitrogens with zero attached hydrogens (tertiary/aromatic N) is 3. The van der Waals surface area contributed by atoms with Gasteiger partial charge in [-0.2, -0.15) is 0 Å². The van der Waals surface area contributed by atoms with Gasteiger partial charge in [0.15, 0.2) is 0 Å². The number of carbonyl (C=O) groups is 1. The molecule has 0 amide bonds. The van der Waals surface area contributed by atoms with Crippen molar-refractivity contribution in [3.63, 3.8) is 0 Å². The van der Waals surface area contributed by atoms with Gasteiger partial charge in [0.05, 0.1) is 23.4 Å². The number of fused-ring (bicyclic) bond motifs is 2. The van der Waals surface area contributed by atoms with Crippen molar-refractivity contribution in [3.05, 3.63) is 59.7 Å². The molecule has 0 aliphatic carbocycles.